The number of hydrogen-bond acceptors (Lipinski definition) is 5. The zero-order valence-corrected chi connectivity index (χ0v) is 10.3. The van der Waals surface area contributed by atoms with Crippen LogP contribution in [0.2, 0.25) is 0 Å². The summed E-state index contributed by atoms with van der Waals surface area (Å²) in [4.78, 5) is 26.8. The van der Waals surface area contributed by atoms with Crippen LogP contribution in [-0.2, 0) is 9.59 Å². The Morgan fingerprint density at radius 2 is 2.33 bits per heavy atom. The van der Waals surface area contributed by atoms with Gasteiger partial charge >= 0.3 is 0 Å². The minimum Gasteiger partial charge on any atom is -0.388 e. The van der Waals surface area contributed by atoms with Crippen molar-refractivity contribution in [1.82, 2.24) is 10.3 Å². The molecule has 0 radical (unpaired) electrons. The molecule has 6 nitrogen and oxygen atoms in total. The predicted octanol–water partition coefficient (Wildman–Crippen LogP) is -0.0671. The first-order valence-corrected chi connectivity index (χ1v) is 5.83. The zero-order chi connectivity index (χ0) is 13.1. The van der Waals surface area contributed by atoms with E-state index in [1.54, 1.807) is 18.3 Å². The molecule has 0 bridgehead atoms. The van der Waals surface area contributed by atoms with E-state index in [1.807, 2.05) is 0 Å². The molecule has 18 heavy (non-hydrogen) atoms. The second-order valence-corrected chi connectivity index (χ2v) is 4.38. The Bertz CT molecular complexity index is 518. The van der Waals surface area contributed by atoms with E-state index in [0.29, 0.717) is 24.2 Å². The lowest BCUT2D eigenvalue weighted by Crippen LogP contribution is -2.47. The Labute approximate surface area is 109 Å². The van der Waals surface area contributed by atoms with Crippen LogP contribution in [0.25, 0.3) is 0 Å². The van der Waals surface area contributed by atoms with Gasteiger partial charge in [-0.2, -0.15) is 0 Å². The molecule has 1 fully saturated rings. The minimum atomic E-state index is -0.427. The number of piperidine rings is 1. The summed E-state index contributed by atoms with van der Waals surface area (Å²) in [5.41, 5.74) is 6.66. The first-order valence-electron chi connectivity index (χ1n) is 5.42. The Morgan fingerprint density at radius 1 is 1.56 bits per heavy atom. The molecule has 1 saturated heterocycles. The highest BCUT2D eigenvalue weighted by Crippen LogP contribution is 2.14. The number of carbonyl (C=O) groups is 2. The maximum Gasteiger partial charge on any atom is 0.249 e. The van der Waals surface area contributed by atoms with Gasteiger partial charge in [-0.15, -0.1) is 0 Å². The molecule has 1 aromatic heterocycles. The van der Waals surface area contributed by atoms with Gasteiger partial charge in [-0.25, -0.2) is 0 Å². The van der Waals surface area contributed by atoms with Gasteiger partial charge < -0.3 is 11.1 Å². The fourth-order valence-corrected chi connectivity index (χ4v) is 1.80. The molecule has 1 unspecified atom stereocenters. The number of rotatable bonds is 3. The highest BCUT2D eigenvalue weighted by atomic mass is 32.1. The van der Waals surface area contributed by atoms with Crippen LogP contribution < -0.4 is 16.4 Å². The number of imide groups is 1. The number of anilines is 1. The van der Waals surface area contributed by atoms with Gasteiger partial charge in [0.15, 0.2) is 0 Å². The number of nitrogens with zero attached hydrogens (tertiary/aromatic N) is 1. The first kappa shape index (κ1) is 12.4. The molecule has 1 atom stereocenters. The lowest BCUT2D eigenvalue weighted by molar-refractivity contribution is -0.133. The average Bonchev–Trinajstić information content (AvgIpc) is 2.33. The fraction of sp³-hybridized carbons (Fsp3) is 0.273. The Morgan fingerprint density at radius 3 is 3.00 bits per heavy atom. The largest absolute Gasteiger partial charge is 0.388 e. The fourth-order valence-electron chi connectivity index (χ4n) is 1.69. The molecule has 2 rings (SSSR count). The second-order valence-electron chi connectivity index (χ2n) is 3.94. The van der Waals surface area contributed by atoms with Crippen molar-refractivity contribution in [3.63, 3.8) is 0 Å². The lowest BCUT2D eigenvalue weighted by atomic mass is 10.1. The monoisotopic (exact) mass is 264 g/mol. The summed E-state index contributed by atoms with van der Waals surface area (Å²) in [7, 11) is 0. The number of amides is 2. The molecule has 1 aromatic rings. The summed E-state index contributed by atoms with van der Waals surface area (Å²) in [6.07, 6.45) is 2.36. The van der Waals surface area contributed by atoms with E-state index >= 15 is 0 Å². The molecule has 4 N–H and O–H groups in total. The first-order chi connectivity index (χ1) is 8.56. The standard InChI is InChI=1S/C11H12N4O2S/c12-10(18)8-5-6(3-4-13-8)14-7-1-2-9(16)15-11(7)17/h3-5,7H,1-2H2,(H2,12,18)(H,13,14)(H,15,16,17). The van der Waals surface area contributed by atoms with Crippen molar-refractivity contribution >= 4 is 34.7 Å². The van der Waals surface area contributed by atoms with Gasteiger partial charge in [0.05, 0.1) is 5.69 Å². The molecule has 0 spiro atoms. The van der Waals surface area contributed by atoms with Crippen LogP contribution in [0.15, 0.2) is 18.3 Å². The SMILES string of the molecule is NC(=S)c1cc(NC2CCC(=O)NC2=O)ccn1. The maximum atomic E-state index is 11.6. The van der Waals surface area contributed by atoms with Gasteiger partial charge in [-0.05, 0) is 18.6 Å². The molecule has 2 heterocycles. The summed E-state index contributed by atoms with van der Waals surface area (Å²) in [5.74, 6) is -0.559. The van der Waals surface area contributed by atoms with Crippen LogP contribution in [0, 0.1) is 0 Å². The van der Waals surface area contributed by atoms with Gasteiger partial charge in [0.2, 0.25) is 11.8 Å². The van der Waals surface area contributed by atoms with Crippen molar-refractivity contribution < 1.29 is 9.59 Å². The molecule has 2 amide bonds. The van der Waals surface area contributed by atoms with Gasteiger partial charge in [-0.3, -0.25) is 19.9 Å². The van der Waals surface area contributed by atoms with Crippen LogP contribution in [0.3, 0.4) is 0 Å². The molecule has 0 saturated carbocycles. The minimum absolute atomic E-state index is 0.196. The Kier molecular flexibility index (Phi) is 3.52. The second kappa shape index (κ2) is 5.09. The third-order valence-electron chi connectivity index (χ3n) is 2.59. The zero-order valence-electron chi connectivity index (χ0n) is 9.47. The van der Waals surface area contributed by atoms with Gasteiger partial charge in [0.25, 0.3) is 0 Å². The summed E-state index contributed by atoms with van der Waals surface area (Å²) >= 11 is 4.83. The van der Waals surface area contributed by atoms with E-state index in [1.165, 1.54) is 0 Å². The van der Waals surface area contributed by atoms with E-state index in [9.17, 15) is 9.59 Å². The smallest absolute Gasteiger partial charge is 0.249 e. The third kappa shape index (κ3) is 2.80. The number of nitrogens with two attached hydrogens (primary N) is 1. The average molecular weight is 264 g/mol. The molecular weight excluding hydrogens is 252 g/mol. The van der Waals surface area contributed by atoms with Crippen molar-refractivity contribution in [2.45, 2.75) is 18.9 Å². The normalized spacial score (nSPS) is 19.2. The molecule has 0 aromatic carbocycles. The van der Waals surface area contributed by atoms with E-state index < -0.39 is 6.04 Å². The van der Waals surface area contributed by atoms with Gasteiger partial charge in [-0.1, -0.05) is 12.2 Å². The van der Waals surface area contributed by atoms with Crippen LogP contribution in [0.5, 0.6) is 0 Å². The van der Waals surface area contributed by atoms with Crippen molar-refractivity contribution in [2.24, 2.45) is 5.73 Å². The van der Waals surface area contributed by atoms with E-state index in [2.05, 4.69) is 15.6 Å². The molecule has 1 aliphatic heterocycles. The number of thiocarbonyl (C=S) groups is 1. The van der Waals surface area contributed by atoms with Crippen molar-refractivity contribution in [2.75, 3.05) is 5.32 Å². The molecule has 94 valence electrons. The summed E-state index contributed by atoms with van der Waals surface area (Å²) in [6, 6.07) is 2.96. The summed E-state index contributed by atoms with van der Waals surface area (Å²) in [5, 5.41) is 5.31. The van der Waals surface area contributed by atoms with Crippen LogP contribution >= 0.6 is 12.2 Å². The van der Waals surface area contributed by atoms with Gasteiger partial charge in [0, 0.05) is 18.3 Å². The number of pyridine rings is 1. The Balaban J connectivity index is 2.09. The lowest BCUT2D eigenvalue weighted by Gasteiger charge is -2.22. The number of nitrogens with one attached hydrogen (secondary N) is 2. The molecule has 7 heteroatoms. The van der Waals surface area contributed by atoms with Crippen LogP contribution in [0.1, 0.15) is 18.5 Å². The highest BCUT2D eigenvalue weighted by Gasteiger charge is 2.26. The van der Waals surface area contributed by atoms with E-state index in [0.717, 1.165) is 0 Å². The number of hydrogen-bond donors (Lipinski definition) is 3. The predicted molar refractivity (Wildman–Crippen MR) is 69.9 cm³/mol. The molecule has 1 aliphatic rings. The molecule has 0 aliphatic carbocycles. The topological polar surface area (TPSA) is 97.1 Å². The molecular formula is C11H12N4O2S. The third-order valence-corrected chi connectivity index (χ3v) is 2.80. The maximum absolute atomic E-state index is 11.6. The van der Waals surface area contributed by atoms with Crippen molar-refractivity contribution in [1.29, 1.82) is 0 Å². The highest BCUT2D eigenvalue weighted by molar-refractivity contribution is 7.80. The number of aromatic nitrogens is 1. The summed E-state index contributed by atoms with van der Waals surface area (Å²) in [6.45, 7) is 0. The van der Waals surface area contributed by atoms with Crippen LogP contribution in [0.4, 0.5) is 5.69 Å². The van der Waals surface area contributed by atoms with Crippen molar-refractivity contribution in [3.05, 3.63) is 24.0 Å². The van der Waals surface area contributed by atoms with Crippen LogP contribution in [-0.4, -0.2) is 27.8 Å². The number of carbonyl (C=O) groups excluding carboxylic acids is 2. The quantitative estimate of drug-likeness (QED) is 0.522. The van der Waals surface area contributed by atoms with E-state index in [4.69, 9.17) is 18.0 Å². The van der Waals surface area contributed by atoms with Crippen molar-refractivity contribution in [3.8, 4) is 0 Å². The Hall–Kier alpha value is -2.02. The summed E-state index contributed by atoms with van der Waals surface area (Å²) < 4.78 is 0. The van der Waals surface area contributed by atoms with Gasteiger partial charge in [0.1, 0.15) is 11.0 Å². The van der Waals surface area contributed by atoms with E-state index in [-0.39, 0.29) is 16.8 Å².